The van der Waals surface area contributed by atoms with Crippen molar-refractivity contribution in [1.29, 1.82) is 0 Å². The van der Waals surface area contributed by atoms with E-state index >= 15 is 0 Å². The van der Waals surface area contributed by atoms with Gasteiger partial charge in [-0.2, -0.15) is 13.2 Å². The number of hydrogen-bond acceptors (Lipinski definition) is 3. The van der Waals surface area contributed by atoms with Gasteiger partial charge in [-0.15, -0.1) is 0 Å². The molecule has 2 heterocycles. The molecule has 0 unspecified atom stereocenters. The number of carbonyl (C=O) groups excluding carboxylic acids is 1. The van der Waals surface area contributed by atoms with Crippen molar-refractivity contribution in [3.8, 4) is 0 Å². The maximum absolute atomic E-state index is 12.7. The molecule has 2 aromatic rings. The summed E-state index contributed by atoms with van der Waals surface area (Å²) in [6, 6.07) is 8.72. The van der Waals surface area contributed by atoms with Crippen molar-refractivity contribution in [3.05, 3.63) is 65.4 Å². The van der Waals surface area contributed by atoms with Crippen LogP contribution in [0.1, 0.15) is 36.5 Å². The minimum atomic E-state index is -4.41. The summed E-state index contributed by atoms with van der Waals surface area (Å²) in [6.45, 7) is 4.57. The molecule has 0 saturated carbocycles. The Morgan fingerprint density at radius 3 is 2.66 bits per heavy atom. The van der Waals surface area contributed by atoms with E-state index in [9.17, 15) is 18.0 Å². The second-order valence-corrected chi connectivity index (χ2v) is 7.37. The molecule has 29 heavy (non-hydrogen) atoms. The lowest BCUT2D eigenvalue weighted by molar-refractivity contribution is -0.137. The van der Waals surface area contributed by atoms with E-state index in [0.717, 1.165) is 55.4 Å². The lowest BCUT2D eigenvalue weighted by Crippen LogP contribution is -2.33. The number of nitrogens with one attached hydrogen (secondary N) is 1. The highest BCUT2D eigenvalue weighted by Gasteiger charge is 2.30. The minimum absolute atomic E-state index is 0.302. The zero-order chi connectivity index (χ0) is 20.9. The second-order valence-electron chi connectivity index (χ2n) is 7.37. The van der Waals surface area contributed by atoms with E-state index in [1.165, 1.54) is 24.3 Å². The smallest absolute Gasteiger partial charge is 0.357 e. The molecule has 1 fully saturated rings. The molecular formula is C22H24F3N3O. The summed E-state index contributed by atoms with van der Waals surface area (Å²) in [5, 5.41) is 2.72. The van der Waals surface area contributed by atoms with Crippen LogP contribution in [-0.4, -0.2) is 24.0 Å². The van der Waals surface area contributed by atoms with E-state index in [4.69, 9.17) is 0 Å². The van der Waals surface area contributed by atoms with Gasteiger partial charge in [0, 0.05) is 31.9 Å². The standard InChI is InChI=1S/C22H24F3N3O/c1-16-9-11-28(12-10-16)20-7-5-18(14-26-20)15-27-21(29)8-6-17-3-2-4-19(13-17)22(23,24)25/h2-8,13-14,16H,9-12,15H2,1H3,(H,27,29)/b8-6+. The summed E-state index contributed by atoms with van der Waals surface area (Å²) in [6.07, 6.45) is 2.26. The predicted molar refractivity (Wildman–Crippen MR) is 107 cm³/mol. The van der Waals surface area contributed by atoms with Gasteiger partial charge >= 0.3 is 6.18 Å². The van der Waals surface area contributed by atoms with Gasteiger partial charge < -0.3 is 10.2 Å². The first-order valence-electron chi connectivity index (χ1n) is 9.64. The number of benzene rings is 1. The molecule has 0 radical (unpaired) electrons. The van der Waals surface area contributed by atoms with E-state index < -0.39 is 11.7 Å². The van der Waals surface area contributed by atoms with E-state index in [2.05, 4.69) is 22.1 Å². The molecule has 0 bridgehead atoms. The maximum Gasteiger partial charge on any atom is 0.416 e. The van der Waals surface area contributed by atoms with Crippen molar-refractivity contribution >= 4 is 17.8 Å². The van der Waals surface area contributed by atoms with Crippen LogP contribution in [0.4, 0.5) is 19.0 Å². The van der Waals surface area contributed by atoms with Gasteiger partial charge in [0.25, 0.3) is 0 Å². The zero-order valence-corrected chi connectivity index (χ0v) is 16.2. The van der Waals surface area contributed by atoms with Crippen molar-refractivity contribution in [3.63, 3.8) is 0 Å². The largest absolute Gasteiger partial charge is 0.416 e. The first-order valence-corrected chi connectivity index (χ1v) is 9.64. The monoisotopic (exact) mass is 403 g/mol. The highest BCUT2D eigenvalue weighted by Crippen LogP contribution is 2.29. The summed E-state index contributed by atoms with van der Waals surface area (Å²) in [5.74, 6) is 1.32. The number of carbonyl (C=O) groups is 1. The Hall–Kier alpha value is -2.83. The molecule has 7 heteroatoms. The average molecular weight is 403 g/mol. The van der Waals surface area contributed by atoms with Gasteiger partial charge in [0.1, 0.15) is 5.82 Å². The number of pyridine rings is 1. The fourth-order valence-corrected chi connectivity index (χ4v) is 3.18. The van der Waals surface area contributed by atoms with E-state index in [1.54, 1.807) is 6.20 Å². The van der Waals surface area contributed by atoms with Crippen molar-refractivity contribution in [2.24, 2.45) is 5.92 Å². The fraction of sp³-hybridized carbons (Fsp3) is 0.364. The number of aromatic nitrogens is 1. The van der Waals surface area contributed by atoms with Gasteiger partial charge in [-0.1, -0.05) is 25.1 Å². The van der Waals surface area contributed by atoms with Gasteiger partial charge in [-0.25, -0.2) is 4.98 Å². The molecule has 1 aromatic heterocycles. The minimum Gasteiger partial charge on any atom is -0.357 e. The number of hydrogen-bond donors (Lipinski definition) is 1. The van der Waals surface area contributed by atoms with Crippen LogP contribution < -0.4 is 10.2 Å². The van der Waals surface area contributed by atoms with Crippen molar-refractivity contribution in [1.82, 2.24) is 10.3 Å². The molecule has 1 N–H and O–H groups in total. The van der Waals surface area contributed by atoms with E-state index in [-0.39, 0.29) is 5.91 Å². The third-order valence-corrected chi connectivity index (χ3v) is 5.02. The number of rotatable bonds is 5. The Bertz CT molecular complexity index is 854. The first-order chi connectivity index (χ1) is 13.8. The molecule has 0 spiro atoms. The van der Waals surface area contributed by atoms with Crippen LogP contribution >= 0.6 is 0 Å². The Morgan fingerprint density at radius 2 is 2.00 bits per heavy atom. The molecule has 3 rings (SSSR count). The molecular weight excluding hydrogens is 379 g/mol. The van der Waals surface area contributed by atoms with E-state index in [1.807, 2.05) is 12.1 Å². The second kappa shape index (κ2) is 9.11. The van der Waals surface area contributed by atoms with Crippen molar-refractivity contribution < 1.29 is 18.0 Å². The fourth-order valence-electron chi connectivity index (χ4n) is 3.18. The van der Waals surface area contributed by atoms with Gasteiger partial charge in [-0.3, -0.25) is 4.79 Å². The molecule has 1 aliphatic rings. The topological polar surface area (TPSA) is 45.2 Å². The number of nitrogens with zero attached hydrogens (tertiary/aromatic N) is 2. The summed E-state index contributed by atoms with van der Waals surface area (Å²) >= 11 is 0. The average Bonchev–Trinajstić information content (AvgIpc) is 2.71. The van der Waals surface area contributed by atoms with Crippen LogP contribution in [0, 0.1) is 5.92 Å². The predicted octanol–water partition coefficient (Wildman–Crippen LogP) is 4.67. The summed E-state index contributed by atoms with van der Waals surface area (Å²) in [7, 11) is 0. The van der Waals surface area contributed by atoms with Gasteiger partial charge in [0.2, 0.25) is 5.91 Å². The highest BCUT2D eigenvalue weighted by atomic mass is 19.4. The lowest BCUT2D eigenvalue weighted by Gasteiger charge is -2.31. The molecule has 154 valence electrons. The first kappa shape index (κ1) is 20.9. The van der Waals surface area contributed by atoms with Crippen LogP contribution in [0.3, 0.4) is 0 Å². The Labute approximate surface area is 168 Å². The number of anilines is 1. The molecule has 1 aliphatic heterocycles. The van der Waals surface area contributed by atoms with Crippen molar-refractivity contribution in [2.75, 3.05) is 18.0 Å². The van der Waals surface area contributed by atoms with Gasteiger partial charge in [0.05, 0.1) is 5.56 Å². The molecule has 0 aliphatic carbocycles. The van der Waals surface area contributed by atoms with Crippen molar-refractivity contribution in [2.45, 2.75) is 32.5 Å². The third kappa shape index (κ3) is 6.07. The number of halogens is 3. The maximum atomic E-state index is 12.7. The molecule has 1 amide bonds. The van der Waals surface area contributed by atoms with E-state index in [0.29, 0.717) is 12.1 Å². The van der Waals surface area contributed by atoms with Crippen LogP contribution in [0.5, 0.6) is 0 Å². The number of amides is 1. The summed E-state index contributed by atoms with van der Waals surface area (Å²) in [5.41, 5.74) is 0.436. The SMILES string of the molecule is CC1CCN(c2ccc(CNC(=O)/C=C/c3cccc(C(F)(F)F)c3)cn2)CC1. The number of alkyl halides is 3. The van der Waals surface area contributed by atoms with Gasteiger partial charge in [-0.05, 0) is 54.2 Å². The zero-order valence-electron chi connectivity index (χ0n) is 16.2. The Balaban J connectivity index is 1.51. The van der Waals surface area contributed by atoms with Crippen LogP contribution in [-0.2, 0) is 17.5 Å². The molecule has 1 saturated heterocycles. The van der Waals surface area contributed by atoms with Gasteiger partial charge in [0.15, 0.2) is 0 Å². The Kier molecular flexibility index (Phi) is 6.56. The Morgan fingerprint density at radius 1 is 1.24 bits per heavy atom. The quantitative estimate of drug-likeness (QED) is 0.738. The normalized spacial score (nSPS) is 15.7. The highest BCUT2D eigenvalue weighted by molar-refractivity contribution is 5.91. The van der Waals surface area contributed by atoms with Crippen LogP contribution in [0.2, 0.25) is 0 Å². The third-order valence-electron chi connectivity index (χ3n) is 5.02. The lowest BCUT2D eigenvalue weighted by atomic mass is 9.99. The molecule has 4 nitrogen and oxygen atoms in total. The summed E-state index contributed by atoms with van der Waals surface area (Å²) in [4.78, 5) is 18.7. The van der Waals surface area contributed by atoms with Crippen LogP contribution in [0.15, 0.2) is 48.7 Å². The van der Waals surface area contributed by atoms with Crippen LogP contribution in [0.25, 0.3) is 6.08 Å². The molecule has 0 atom stereocenters. The summed E-state index contributed by atoms with van der Waals surface area (Å²) < 4.78 is 38.2. The molecule has 1 aromatic carbocycles. The number of piperidine rings is 1.